The van der Waals surface area contributed by atoms with Crippen LogP contribution in [0.1, 0.15) is 0 Å². The van der Waals surface area contributed by atoms with E-state index in [1.165, 1.54) is 25.8 Å². The second-order valence-electron chi connectivity index (χ2n) is 5.74. The number of hydrogen-bond acceptors (Lipinski definition) is 2. The average Bonchev–Trinajstić information content (AvgIpc) is 2.70. The van der Waals surface area contributed by atoms with E-state index in [0.717, 1.165) is 4.90 Å². The van der Waals surface area contributed by atoms with Gasteiger partial charge in [-0.3, -0.25) is 0 Å². The molecule has 0 aliphatic heterocycles. The van der Waals surface area contributed by atoms with Crippen LogP contribution in [0.4, 0.5) is 0 Å². The zero-order valence-corrected chi connectivity index (χ0v) is 15.8. The minimum absolute atomic E-state index is 1.16. The summed E-state index contributed by atoms with van der Waals surface area (Å²) < 4.78 is 0. The van der Waals surface area contributed by atoms with Gasteiger partial charge in [-0.15, -0.1) is 0 Å². The number of rotatable bonds is 5. The predicted molar refractivity (Wildman–Crippen MR) is 112 cm³/mol. The van der Waals surface area contributed by atoms with Crippen molar-refractivity contribution in [2.75, 3.05) is 0 Å². The fraction of sp³-hybridized carbons (Fsp3) is 0. The molecule has 0 aliphatic rings. The molecule has 125 valence electrons. The third-order valence-electron chi connectivity index (χ3n) is 3.92. The molecular formula is C24H17S2. The summed E-state index contributed by atoms with van der Waals surface area (Å²) in [5.41, 5.74) is 2.47. The van der Waals surface area contributed by atoms with Gasteiger partial charge in [0.15, 0.2) is 0 Å². The Morgan fingerprint density at radius 2 is 1.08 bits per heavy atom. The second kappa shape index (κ2) is 8.31. The van der Waals surface area contributed by atoms with Gasteiger partial charge < -0.3 is 0 Å². The third kappa shape index (κ3) is 4.04. The molecule has 0 heterocycles. The van der Waals surface area contributed by atoms with Crippen LogP contribution in [-0.4, -0.2) is 0 Å². The Balaban J connectivity index is 1.79. The van der Waals surface area contributed by atoms with Crippen LogP contribution in [0.3, 0.4) is 0 Å². The number of hydrogen-bond donors (Lipinski definition) is 0. The van der Waals surface area contributed by atoms with Crippen molar-refractivity contribution in [1.29, 1.82) is 0 Å². The summed E-state index contributed by atoms with van der Waals surface area (Å²) in [6.45, 7) is 0. The van der Waals surface area contributed by atoms with Gasteiger partial charge in [-0.05, 0) is 42.0 Å². The normalized spacial score (nSPS) is 10.6. The monoisotopic (exact) mass is 369 g/mol. The summed E-state index contributed by atoms with van der Waals surface area (Å²) in [4.78, 5) is 4.87. The molecule has 0 saturated heterocycles. The van der Waals surface area contributed by atoms with Gasteiger partial charge in [-0.25, -0.2) is 0 Å². The van der Waals surface area contributed by atoms with Gasteiger partial charge in [0, 0.05) is 25.1 Å². The van der Waals surface area contributed by atoms with E-state index in [1.54, 1.807) is 23.5 Å². The first-order valence-electron chi connectivity index (χ1n) is 8.46. The Labute approximate surface area is 163 Å². The van der Waals surface area contributed by atoms with Crippen molar-refractivity contribution >= 4 is 23.5 Å². The molecule has 0 fully saturated rings. The van der Waals surface area contributed by atoms with E-state index in [-0.39, 0.29) is 0 Å². The average molecular weight is 370 g/mol. The van der Waals surface area contributed by atoms with E-state index in [4.69, 9.17) is 0 Å². The van der Waals surface area contributed by atoms with E-state index in [0.29, 0.717) is 0 Å². The molecule has 0 bridgehead atoms. The van der Waals surface area contributed by atoms with Crippen molar-refractivity contribution in [3.05, 3.63) is 109 Å². The Bertz CT molecular complexity index is 905. The molecule has 4 aromatic carbocycles. The van der Waals surface area contributed by atoms with E-state index in [9.17, 15) is 0 Å². The molecule has 0 amide bonds. The lowest BCUT2D eigenvalue weighted by molar-refractivity contribution is 1.30. The van der Waals surface area contributed by atoms with Gasteiger partial charge in [-0.2, -0.15) is 0 Å². The Hall–Kier alpha value is -2.42. The molecule has 0 aromatic heterocycles. The highest BCUT2D eigenvalue weighted by atomic mass is 32.2. The van der Waals surface area contributed by atoms with Crippen molar-refractivity contribution in [3.8, 4) is 11.1 Å². The first kappa shape index (κ1) is 17.0. The topological polar surface area (TPSA) is 0 Å². The van der Waals surface area contributed by atoms with Crippen molar-refractivity contribution in [1.82, 2.24) is 0 Å². The highest BCUT2D eigenvalue weighted by Gasteiger charge is 2.13. The highest BCUT2D eigenvalue weighted by molar-refractivity contribution is 8.00. The molecule has 0 saturated carbocycles. The lowest BCUT2D eigenvalue weighted by atomic mass is 10.1. The van der Waals surface area contributed by atoms with Gasteiger partial charge >= 0.3 is 0 Å². The van der Waals surface area contributed by atoms with Gasteiger partial charge in [0.25, 0.3) is 0 Å². The lowest BCUT2D eigenvalue weighted by Crippen LogP contribution is -1.87. The Morgan fingerprint density at radius 1 is 0.538 bits per heavy atom. The summed E-state index contributed by atoms with van der Waals surface area (Å²) in [6.07, 6.45) is 0. The highest BCUT2D eigenvalue weighted by Crippen LogP contribution is 2.43. The summed E-state index contributed by atoms with van der Waals surface area (Å²) in [5.74, 6) is 0. The molecule has 0 N–H and O–H groups in total. The minimum atomic E-state index is 1.16. The SMILES string of the molecule is [c]1ccc(Sc2ccccc2)c(-c2ccccc2)c1Sc1ccccc1. The fourth-order valence-electron chi connectivity index (χ4n) is 2.73. The largest absolute Gasteiger partial charge is 0.0894 e. The van der Waals surface area contributed by atoms with E-state index >= 15 is 0 Å². The molecule has 26 heavy (non-hydrogen) atoms. The van der Waals surface area contributed by atoms with Crippen LogP contribution >= 0.6 is 23.5 Å². The molecule has 4 aromatic rings. The zero-order chi connectivity index (χ0) is 17.6. The molecular weight excluding hydrogens is 352 g/mol. The standard InChI is InChI=1S/C24H17S2/c1-4-11-19(12-5-1)24-22(25-20-13-6-2-7-14-20)17-10-18-23(24)26-21-15-8-3-9-16-21/h1-17H. The minimum Gasteiger partial charge on any atom is -0.0894 e. The third-order valence-corrected chi connectivity index (χ3v) is 6.02. The van der Waals surface area contributed by atoms with Crippen LogP contribution in [0, 0.1) is 6.07 Å². The van der Waals surface area contributed by atoms with Crippen LogP contribution in [0.25, 0.3) is 11.1 Å². The summed E-state index contributed by atoms with van der Waals surface area (Å²) in [5, 5.41) is 0. The maximum absolute atomic E-state index is 3.46. The maximum atomic E-state index is 3.46. The maximum Gasteiger partial charge on any atom is 0.0291 e. The van der Waals surface area contributed by atoms with Crippen LogP contribution in [0.5, 0.6) is 0 Å². The quantitative estimate of drug-likeness (QED) is 0.358. The van der Waals surface area contributed by atoms with E-state index in [2.05, 4.69) is 97.1 Å². The van der Waals surface area contributed by atoms with Crippen LogP contribution in [0.15, 0.2) is 123 Å². The second-order valence-corrected chi connectivity index (χ2v) is 7.94. The Kier molecular flexibility index (Phi) is 5.44. The van der Waals surface area contributed by atoms with Gasteiger partial charge in [0.1, 0.15) is 0 Å². The first-order chi connectivity index (χ1) is 12.9. The summed E-state index contributed by atoms with van der Waals surface area (Å²) >= 11 is 3.57. The summed E-state index contributed by atoms with van der Waals surface area (Å²) in [7, 11) is 0. The van der Waals surface area contributed by atoms with Crippen LogP contribution in [-0.2, 0) is 0 Å². The molecule has 0 unspecified atom stereocenters. The van der Waals surface area contributed by atoms with E-state index < -0.39 is 0 Å². The molecule has 1 radical (unpaired) electrons. The van der Waals surface area contributed by atoms with Crippen LogP contribution in [0.2, 0.25) is 0 Å². The molecule has 0 aliphatic carbocycles. The van der Waals surface area contributed by atoms with Gasteiger partial charge in [0.05, 0.1) is 0 Å². The predicted octanol–water partition coefficient (Wildman–Crippen LogP) is 7.46. The van der Waals surface area contributed by atoms with Gasteiger partial charge in [0.2, 0.25) is 0 Å². The Morgan fingerprint density at radius 3 is 1.69 bits per heavy atom. The molecule has 0 spiro atoms. The van der Waals surface area contributed by atoms with E-state index in [1.807, 2.05) is 12.1 Å². The molecule has 4 rings (SSSR count). The fourth-order valence-corrected chi connectivity index (χ4v) is 4.78. The van der Waals surface area contributed by atoms with Crippen molar-refractivity contribution < 1.29 is 0 Å². The van der Waals surface area contributed by atoms with Crippen molar-refractivity contribution in [3.63, 3.8) is 0 Å². The molecule has 0 atom stereocenters. The van der Waals surface area contributed by atoms with Crippen molar-refractivity contribution in [2.45, 2.75) is 19.6 Å². The first-order valence-corrected chi connectivity index (χ1v) is 10.1. The van der Waals surface area contributed by atoms with Gasteiger partial charge in [-0.1, -0.05) is 96.3 Å². The van der Waals surface area contributed by atoms with Crippen LogP contribution < -0.4 is 0 Å². The molecule has 2 heteroatoms. The lowest BCUT2D eigenvalue weighted by Gasteiger charge is -2.14. The smallest absolute Gasteiger partial charge is 0.0291 e. The zero-order valence-electron chi connectivity index (χ0n) is 14.1. The molecule has 0 nitrogen and oxygen atoms in total. The summed E-state index contributed by atoms with van der Waals surface area (Å²) in [6, 6.07) is 39.3. The van der Waals surface area contributed by atoms with Crippen molar-refractivity contribution in [2.24, 2.45) is 0 Å². The number of benzene rings is 4.